The molecule has 1 aliphatic rings. The van der Waals surface area contributed by atoms with Crippen LogP contribution in [0.4, 0.5) is 0 Å². The lowest BCUT2D eigenvalue weighted by atomic mass is 9.78. The Kier molecular flexibility index (Phi) is 4.67. The Hall–Kier alpha value is -2.20. The Balaban J connectivity index is 1.89. The Morgan fingerprint density at radius 3 is 2.17 bits per heavy atom. The van der Waals surface area contributed by atoms with Gasteiger partial charge in [-0.15, -0.1) is 0 Å². The first-order valence-corrected chi connectivity index (χ1v) is 9.30. The molecule has 0 aromatic heterocycles. The van der Waals surface area contributed by atoms with Gasteiger partial charge in [-0.05, 0) is 11.1 Å². The molecule has 0 amide bonds. The van der Waals surface area contributed by atoms with Crippen molar-refractivity contribution in [3.8, 4) is 6.07 Å². The average molecular weight is 342 g/mol. The van der Waals surface area contributed by atoms with E-state index in [2.05, 4.69) is 6.07 Å². The Labute approximate surface area is 141 Å². The van der Waals surface area contributed by atoms with Crippen molar-refractivity contribution >= 4 is 10.0 Å². The van der Waals surface area contributed by atoms with Crippen LogP contribution in [0.3, 0.4) is 0 Å². The number of hydrogen-bond acceptors (Lipinski definition) is 4. The van der Waals surface area contributed by atoms with E-state index in [1.165, 1.54) is 0 Å². The van der Waals surface area contributed by atoms with Crippen LogP contribution in [-0.2, 0) is 15.8 Å². The molecule has 1 aliphatic heterocycles. The van der Waals surface area contributed by atoms with Crippen molar-refractivity contribution < 1.29 is 13.5 Å². The molecule has 2 aromatic rings. The van der Waals surface area contributed by atoms with E-state index >= 15 is 0 Å². The fraction of sp³-hybridized carbons (Fsp3) is 0.278. The van der Waals surface area contributed by atoms with Gasteiger partial charge in [-0.25, -0.2) is 8.42 Å². The standard InChI is InChI=1S/C18H18N2O3S/c19-11-16-18(15-9-5-2-6-10-15)17(12-21)20(16)24(22,23)13-14-7-3-1-4-8-14/h1-10,16-18,21H,12-13H2/t16-,17+,18-/m1/s1. The lowest BCUT2D eigenvalue weighted by Gasteiger charge is -2.50. The highest BCUT2D eigenvalue weighted by Gasteiger charge is 2.54. The molecule has 1 heterocycles. The van der Waals surface area contributed by atoms with Crippen LogP contribution in [0.25, 0.3) is 0 Å². The summed E-state index contributed by atoms with van der Waals surface area (Å²) < 4.78 is 26.7. The molecule has 1 saturated heterocycles. The van der Waals surface area contributed by atoms with E-state index in [4.69, 9.17) is 0 Å². The third kappa shape index (κ3) is 2.94. The SMILES string of the molecule is N#C[C@@H]1[C@@H](c2ccccc2)[C@H](CO)N1S(=O)(=O)Cc1ccccc1. The number of rotatable bonds is 5. The van der Waals surface area contributed by atoms with Crippen LogP contribution < -0.4 is 0 Å². The highest BCUT2D eigenvalue weighted by molar-refractivity contribution is 7.88. The van der Waals surface area contributed by atoms with Crippen molar-refractivity contribution in [2.75, 3.05) is 6.61 Å². The number of hydrogen-bond donors (Lipinski definition) is 1. The predicted molar refractivity (Wildman–Crippen MR) is 90.4 cm³/mol. The van der Waals surface area contributed by atoms with Gasteiger partial charge in [0.2, 0.25) is 10.0 Å². The predicted octanol–water partition coefficient (Wildman–Crippen LogP) is 1.87. The first-order chi connectivity index (χ1) is 11.6. The highest BCUT2D eigenvalue weighted by atomic mass is 32.2. The lowest BCUT2D eigenvalue weighted by Crippen LogP contribution is -2.65. The lowest BCUT2D eigenvalue weighted by molar-refractivity contribution is 0.0555. The zero-order valence-electron chi connectivity index (χ0n) is 13.0. The van der Waals surface area contributed by atoms with E-state index in [-0.39, 0.29) is 18.3 Å². The van der Waals surface area contributed by atoms with E-state index in [0.717, 1.165) is 9.87 Å². The smallest absolute Gasteiger partial charge is 0.219 e. The minimum absolute atomic E-state index is 0.177. The van der Waals surface area contributed by atoms with Crippen molar-refractivity contribution in [1.82, 2.24) is 4.31 Å². The number of sulfonamides is 1. The summed E-state index contributed by atoms with van der Waals surface area (Å²) in [5.74, 6) is -0.490. The second-order valence-corrected chi connectivity index (χ2v) is 7.71. The van der Waals surface area contributed by atoms with Gasteiger partial charge in [0.25, 0.3) is 0 Å². The van der Waals surface area contributed by atoms with E-state index < -0.39 is 22.1 Å². The third-order valence-corrected chi connectivity index (χ3v) is 6.21. The number of nitrogens with zero attached hydrogens (tertiary/aromatic N) is 2. The van der Waals surface area contributed by atoms with Crippen molar-refractivity contribution in [3.05, 3.63) is 71.8 Å². The second kappa shape index (κ2) is 6.73. The second-order valence-electron chi connectivity index (χ2n) is 5.83. The summed E-state index contributed by atoms with van der Waals surface area (Å²) in [5, 5.41) is 19.2. The Morgan fingerprint density at radius 1 is 1.04 bits per heavy atom. The van der Waals surface area contributed by atoms with Gasteiger partial charge in [-0.1, -0.05) is 60.7 Å². The van der Waals surface area contributed by atoms with Gasteiger partial charge in [-0.3, -0.25) is 0 Å². The van der Waals surface area contributed by atoms with Crippen LogP contribution in [0, 0.1) is 11.3 Å². The van der Waals surface area contributed by atoms with Gasteiger partial charge in [0.05, 0.1) is 24.5 Å². The molecule has 3 atom stereocenters. The maximum Gasteiger partial charge on any atom is 0.219 e. The molecule has 0 saturated carbocycles. The maximum absolute atomic E-state index is 12.8. The van der Waals surface area contributed by atoms with Crippen LogP contribution in [-0.4, -0.2) is 36.5 Å². The van der Waals surface area contributed by atoms with Gasteiger partial charge in [0.15, 0.2) is 0 Å². The van der Waals surface area contributed by atoms with Crippen molar-refractivity contribution in [3.63, 3.8) is 0 Å². The van der Waals surface area contributed by atoms with Crippen LogP contribution in [0.15, 0.2) is 60.7 Å². The minimum Gasteiger partial charge on any atom is -0.395 e. The monoisotopic (exact) mass is 342 g/mol. The maximum atomic E-state index is 12.8. The minimum atomic E-state index is -3.69. The normalized spacial score (nSPS) is 24.1. The van der Waals surface area contributed by atoms with Gasteiger partial charge >= 0.3 is 0 Å². The summed E-state index contributed by atoms with van der Waals surface area (Å²) in [6, 6.07) is 18.8. The molecule has 1 fully saturated rings. The summed E-state index contributed by atoms with van der Waals surface area (Å²) >= 11 is 0. The van der Waals surface area contributed by atoms with Crippen LogP contribution >= 0.6 is 0 Å². The van der Waals surface area contributed by atoms with Gasteiger partial charge in [0.1, 0.15) is 6.04 Å². The molecule has 1 N–H and O–H groups in total. The van der Waals surface area contributed by atoms with Crippen molar-refractivity contribution in [2.24, 2.45) is 0 Å². The summed E-state index contributed by atoms with van der Waals surface area (Å²) in [5.41, 5.74) is 1.53. The van der Waals surface area contributed by atoms with Crippen molar-refractivity contribution in [1.29, 1.82) is 5.26 Å². The van der Waals surface area contributed by atoms with Gasteiger partial charge in [0, 0.05) is 5.92 Å². The molecule has 6 heteroatoms. The summed E-state index contributed by atoms with van der Waals surface area (Å²) in [7, 11) is -3.69. The largest absolute Gasteiger partial charge is 0.395 e. The fourth-order valence-electron chi connectivity index (χ4n) is 3.28. The zero-order valence-corrected chi connectivity index (χ0v) is 13.8. The van der Waals surface area contributed by atoms with E-state index in [1.54, 1.807) is 24.3 Å². The third-order valence-electron chi connectivity index (χ3n) is 4.37. The summed E-state index contributed by atoms with van der Waals surface area (Å²) in [6.45, 7) is -0.314. The van der Waals surface area contributed by atoms with E-state index in [1.807, 2.05) is 36.4 Å². The number of benzene rings is 2. The van der Waals surface area contributed by atoms with Crippen LogP contribution in [0.1, 0.15) is 17.0 Å². The number of nitriles is 1. The quantitative estimate of drug-likeness (QED) is 0.899. The molecule has 0 aliphatic carbocycles. The molecular formula is C18H18N2O3S. The molecule has 0 unspecified atom stereocenters. The Bertz CT molecular complexity index is 832. The number of aliphatic hydroxyl groups is 1. The van der Waals surface area contributed by atoms with E-state index in [9.17, 15) is 18.8 Å². The zero-order chi connectivity index (χ0) is 17.2. The topological polar surface area (TPSA) is 81.4 Å². The van der Waals surface area contributed by atoms with Crippen LogP contribution in [0.5, 0.6) is 0 Å². The first-order valence-electron chi connectivity index (χ1n) is 7.69. The summed E-state index contributed by atoms with van der Waals surface area (Å²) in [6.07, 6.45) is 0. The Morgan fingerprint density at radius 2 is 1.62 bits per heavy atom. The molecule has 0 radical (unpaired) electrons. The fourth-order valence-corrected chi connectivity index (χ4v) is 5.18. The molecule has 0 spiro atoms. The highest BCUT2D eigenvalue weighted by Crippen LogP contribution is 2.42. The van der Waals surface area contributed by atoms with Gasteiger partial charge < -0.3 is 5.11 Å². The average Bonchev–Trinajstić information content (AvgIpc) is 2.56. The number of aliphatic hydroxyl groups excluding tert-OH is 1. The molecule has 2 aromatic carbocycles. The molecule has 5 nitrogen and oxygen atoms in total. The summed E-state index contributed by atoms with van der Waals surface area (Å²) in [4.78, 5) is 0. The first kappa shape index (κ1) is 16.7. The van der Waals surface area contributed by atoms with Crippen molar-refractivity contribution in [2.45, 2.75) is 23.8 Å². The van der Waals surface area contributed by atoms with Gasteiger partial charge in [-0.2, -0.15) is 9.57 Å². The molecule has 0 bridgehead atoms. The molecule has 24 heavy (non-hydrogen) atoms. The van der Waals surface area contributed by atoms with Crippen LogP contribution in [0.2, 0.25) is 0 Å². The molecular weight excluding hydrogens is 324 g/mol. The molecule has 124 valence electrons. The molecule has 3 rings (SSSR count). The van der Waals surface area contributed by atoms with E-state index in [0.29, 0.717) is 5.56 Å².